The van der Waals surface area contributed by atoms with Crippen LogP contribution in [-0.2, 0) is 27.0 Å². The van der Waals surface area contributed by atoms with Crippen LogP contribution in [0.15, 0.2) is 56.7 Å². The lowest BCUT2D eigenvalue weighted by Gasteiger charge is -2.33. The Balaban J connectivity index is 1.51. The number of carbonyl (C=O) groups excluding carboxylic acids is 1. The van der Waals surface area contributed by atoms with E-state index in [0.717, 1.165) is 24.4 Å². The molecule has 0 radical (unpaired) electrons. The van der Waals surface area contributed by atoms with Crippen molar-refractivity contribution in [2.75, 3.05) is 37.4 Å². The SMILES string of the molecule is CC/N=S(/c1ccc([S+]([O-])Nc2ccc(Cl)c3c(Cl)c[nH]c23)cc1)N1CCN(C=O)CC1. The first-order valence-corrected chi connectivity index (χ1v) is 13.2. The summed E-state index contributed by atoms with van der Waals surface area (Å²) in [7, 11) is -0.407. The van der Waals surface area contributed by atoms with Crippen molar-refractivity contribution < 1.29 is 9.35 Å². The molecule has 0 saturated carbocycles. The molecule has 1 aromatic heterocycles. The van der Waals surface area contributed by atoms with E-state index < -0.39 is 22.2 Å². The third-order valence-corrected chi connectivity index (χ3v) is 8.88. The van der Waals surface area contributed by atoms with E-state index >= 15 is 0 Å². The number of benzene rings is 2. The standard InChI is InChI=1S/C21H23Cl2N5O2S2/c1-2-25-31(28-11-9-27(14-29)10-12-28)15-3-5-16(6-4-15)32(30)26-19-8-7-17(22)20-18(23)13-24-21(19)20/h3-8,13-14,24,26H,2,9-12H2,1H3. The number of H-pyrrole nitrogens is 1. The highest BCUT2D eigenvalue weighted by atomic mass is 35.5. The van der Waals surface area contributed by atoms with Gasteiger partial charge < -0.3 is 14.4 Å². The Labute approximate surface area is 202 Å². The number of hydrogen-bond donors (Lipinski definition) is 2. The van der Waals surface area contributed by atoms with Gasteiger partial charge in [-0.15, -0.1) is 0 Å². The third kappa shape index (κ3) is 4.93. The molecule has 2 unspecified atom stereocenters. The minimum absolute atomic E-state index is 0.407. The van der Waals surface area contributed by atoms with Gasteiger partial charge in [0.25, 0.3) is 0 Å². The molecular weight excluding hydrogens is 489 g/mol. The number of hydrogen-bond acceptors (Lipinski definition) is 4. The van der Waals surface area contributed by atoms with E-state index in [4.69, 9.17) is 27.6 Å². The van der Waals surface area contributed by atoms with Crippen molar-refractivity contribution in [2.45, 2.75) is 16.7 Å². The fraction of sp³-hybridized carbons (Fsp3) is 0.286. The largest absolute Gasteiger partial charge is 0.588 e. The summed E-state index contributed by atoms with van der Waals surface area (Å²) in [4.78, 5) is 17.6. The first-order valence-electron chi connectivity index (χ1n) is 10.1. The number of aromatic amines is 1. The minimum atomic E-state index is -1.47. The summed E-state index contributed by atoms with van der Waals surface area (Å²) in [5, 5.41) is 1.75. The van der Waals surface area contributed by atoms with E-state index in [1.807, 2.05) is 31.2 Å². The van der Waals surface area contributed by atoms with Gasteiger partial charge in [-0.2, -0.15) is 0 Å². The summed E-state index contributed by atoms with van der Waals surface area (Å²) < 4.78 is 23.1. The maximum atomic E-state index is 13.0. The van der Waals surface area contributed by atoms with Crippen LogP contribution < -0.4 is 4.72 Å². The van der Waals surface area contributed by atoms with Crippen LogP contribution in [0.4, 0.5) is 5.69 Å². The predicted molar refractivity (Wildman–Crippen MR) is 133 cm³/mol. The molecule has 2 aromatic carbocycles. The molecule has 3 aromatic rings. The molecule has 1 aliphatic rings. The summed E-state index contributed by atoms with van der Waals surface area (Å²) >= 11 is 11.0. The van der Waals surface area contributed by atoms with Crippen molar-refractivity contribution >= 4 is 68.4 Å². The highest BCUT2D eigenvalue weighted by Gasteiger charge is 2.21. The van der Waals surface area contributed by atoms with Crippen molar-refractivity contribution in [2.24, 2.45) is 4.36 Å². The zero-order valence-corrected chi connectivity index (χ0v) is 20.5. The number of piperazine rings is 1. The Morgan fingerprint density at radius 3 is 2.53 bits per heavy atom. The zero-order chi connectivity index (χ0) is 22.7. The Morgan fingerprint density at radius 2 is 1.88 bits per heavy atom. The van der Waals surface area contributed by atoms with E-state index in [9.17, 15) is 9.35 Å². The molecule has 170 valence electrons. The van der Waals surface area contributed by atoms with Crippen molar-refractivity contribution in [3.63, 3.8) is 0 Å². The van der Waals surface area contributed by atoms with Crippen molar-refractivity contribution in [1.82, 2.24) is 14.2 Å². The molecule has 7 nitrogen and oxygen atoms in total. The average Bonchev–Trinajstić information content (AvgIpc) is 3.22. The van der Waals surface area contributed by atoms with Gasteiger partial charge in [-0.1, -0.05) is 23.2 Å². The number of anilines is 1. The number of nitrogens with one attached hydrogen (secondary N) is 2. The van der Waals surface area contributed by atoms with Crippen molar-refractivity contribution in [1.29, 1.82) is 0 Å². The quantitative estimate of drug-likeness (QED) is 0.361. The van der Waals surface area contributed by atoms with Gasteiger partial charge in [0.2, 0.25) is 6.41 Å². The molecular formula is C21H23Cl2N5O2S2. The fourth-order valence-corrected chi connectivity index (χ4v) is 6.68. The van der Waals surface area contributed by atoms with Gasteiger partial charge in [0.05, 0.1) is 15.6 Å². The van der Waals surface area contributed by atoms with Gasteiger partial charge in [0, 0.05) is 60.1 Å². The molecule has 2 heterocycles. The van der Waals surface area contributed by atoms with E-state index in [0.29, 0.717) is 51.2 Å². The maximum absolute atomic E-state index is 13.0. The van der Waals surface area contributed by atoms with Crippen LogP contribution in [0, 0.1) is 0 Å². The second-order valence-corrected chi connectivity index (χ2v) is 10.9. The van der Waals surface area contributed by atoms with Gasteiger partial charge >= 0.3 is 0 Å². The van der Waals surface area contributed by atoms with Gasteiger partial charge in [-0.3, -0.25) is 4.79 Å². The second kappa shape index (κ2) is 10.5. The van der Waals surface area contributed by atoms with Crippen molar-refractivity contribution in [3.05, 3.63) is 52.6 Å². The van der Waals surface area contributed by atoms with Crippen LogP contribution in [0.5, 0.6) is 0 Å². The highest BCUT2D eigenvalue weighted by Crippen LogP contribution is 2.35. The summed E-state index contributed by atoms with van der Waals surface area (Å²) in [5.74, 6) is 0. The zero-order valence-electron chi connectivity index (χ0n) is 17.4. The van der Waals surface area contributed by atoms with Gasteiger partial charge in [-0.25, -0.2) is 13.4 Å². The van der Waals surface area contributed by atoms with Gasteiger partial charge in [0.1, 0.15) is 17.0 Å². The van der Waals surface area contributed by atoms with Crippen LogP contribution in [0.25, 0.3) is 10.9 Å². The smallest absolute Gasteiger partial charge is 0.209 e. The first kappa shape index (κ1) is 23.4. The van der Waals surface area contributed by atoms with Crippen LogP contribution in [0.2, 0.25) is 10.0 Å². The minimum Gasteiger partial charge on any atom is -0.588 e. The molecule has 1 aliphatic heterocycles. The molecule has 2 N–H and O–H groups in total. The highest BCUT2D eigenvalue weighted by molar-refractivity contribution is 7.92. The Morgan fingerprint density at radius 1 is 1.16 bits per heavy atom. The third-order valence-electron chi connectivity index (χ3n) is 5.11. The van der Waals surface area contributed by atoms with Crippen LogP contribution >= 0.6 is 23.2 Å². The Hall–Kier alpha value is -1.75. The number of aromatic nitrogens is 1. The normalized spacial score (nSPS) is 16.9. The van der Waals surface area contributed by atoms with E-state index in [1.54, 1.807) is 23.2 Å². The molecule has 0 bridgehead atoms. The molecule has 1 saturated heterocycles. The number of amides is 1. The molecule has 1 amide bonds. The Kier molecular flexibility index (Phi) is 7.65. The topological polar surface area (TPSA) is 86.8 Å². The fourth-order valence-electron chi connectivity index (χ4n) is 3.51. The number of fused-ring (bicyclic) bond motifs is 1. The second-order valence-electron chi connectivity index (χ2n) is 7.10. The maximum Gasteiger partial charge on any atom is 0.209 e. The Bertz CT molecular complexity index is 1130. The average molecular weight is 512 g/mol. The van der Waals surface area contributed by atoms with Crippen LogP contribution in [0.1, 0.15) is 6.92 Å². The van der Waals surface area contributed by atoms with E-state index in [2.05, 4.69) is 14.0 Å². The number of carbonyl (C=O) groups is 1. The lowest BCUT2D eigenvalue weighted by Crippen LogP contribution is -2.46. The molecule has 2 atom stereocenters. The van der Waals surface area contributed by atoms with Gasteiger partial charge in [-0.05, 0) is 43.3 Å². The molecule has 0 spiro atoms. The van der Waals surface area contributed by atoms with Gasteiger partial charge in [0.15, 0.2) is 4.90 Å². The first-order chi connectivity index (χ1) is 15.5. The molecule has 4 rings (SSSR count). The summed E-state index contributed by atoms with van der Waals surface area (Å²) in [6, 6.07) is 11.2. The van der Waals surface area contributed by atoms with E-state index in [-0.39, 0.29) is 0 Å². The lowest BCUT2D eigenvalue weighted by atomic mass is 10.2. The number of rotatable bonds is 7. The lowest BCUT2D eigenvalue weighted by molar-refractivity contribution is -0.119. The summed E-state index contributed by atoms with van der Waals surface area (Å²) in [5.41, 5.74) is 1.37. The molecule has 32 heavy (non-hydrogen) atoms. The molecule has 0 aliphatic carbocycles. The van der Waals surface area contributed by atoms with Crippen LogP contribution in [0.3, 0.4) is 0 Å². The molecule has 1 fully saturated rings. The van der Waals surface area contributed by atoms with Crippen molar-refractivity contribution in [3.8, 4) is 0 Å². The number of halogens is 2. The summed E-state index contributed by atoms with van der Waals surface area (Å²) in [6.45, 7) is 5.71. The monoisotopic (exact) mass is 511 g/mol. The molecule has 11 heteroatoms. The van der Waals surface area contributed by atoms with Crippen LogP contribution in [-0.4, -0.2) is 57.9 Å². The van der Waals surface area contributed by atoms with E-state index in [1.165, 1.54) is 0 Å². The number of nitrogens with zero attached hydrogens (tertiary/aromatic N) is 3. The summed E-state index contributed by atoms with van der Waals surface area (Å²) in [6.07, 6.45) is 2.56. The predicted octanol–water partition coefficient (Wildman–Crippen LogP) is 4.48.